The lowest BCUT2D eigenvalue weighted by atomic mass is 9.82. The van der Waals surface area contributed by atoms with Gasteiger partial charge in [0.05, 0.1) is 5.52 Å². The zero-order chi connectivity index (χ0) is 14.6. The van der Waals surface area contributed by atoms with E-state index in [9.17, 15) is 0 Å². The molecule has 19 heavy (non-hydrogen) atoms. The molecule has 0 unspecified atom stereocenters. The molecule has 1 aromatic heterocycles. The van der Waals surface area contributed by atoms with Gasteiger partial charge in [0.15, 0.2) is 0 Å². The first kappa shape index (κ1) is 15.7. The van der Waals surface area contributed by atoms with E-state index in [2.05, 4.69) is 65.0 Å². The number of rotatable bonds is 1. The molecule has 0 spiro atoms. The van der Waals surface area contributed by atoms with Crippen LogP contribution in [-0.2, 0) is 5.41 Å². The van der Waals surface area contributed by atoms with Crippen molar-refractivity contribution in [2.24, 2.45) is 0 Å². The number of fused-ring (bicyclic) bond motifs is 1. The quantitative estimate of drug-likeness (QED) is 0.640. The van der Waals surface area contributed by atoms with Gasteiger partial charge in [-0.1, -0.05) is 66.7 Å². The van der Waals surface area contributed by atoms with E-state index in [1.165, 1.54) is 16.6 Å². The van der Waals surface area contributed by atoms with Crippen molar-refractivity contribution in [3.63, 3.8) is 0 Å². The fourth-order valence-electron chi connectivity index (χ4n) is 2.17. The van der Waals surface area contributed by atoms with Crippen molar-refractivity contribution in [1.29, 1.82) is 0 Å². The fraction of sp³-hybridized carbons (Fsp3) is 0.500. The van der Waals surface area contributed by atoms with Crippen LogP contribution in [0.3, 0.4) is 0 Å². The Morgan fingerprint density at radius 1 is 1.00 bits per heavy atom. The molecule has 0 N–H and O–H groups in total. The lowest BCUT2D eigenvalue weighted by Gasteiger charge is -2.24. The first-order chi connectivity index (χ1) is 8.89. The zero-order valence-electron chi connectivity index (χ0n) is 13.4. The molecule has 1 heterocycles. The summed E-state index contributed by atoms with van der Waals surface area (Å²) in [6.45, 7) is 15.2. The second kappa shape index (κ2) is 6.18. The van der Waals surface area contributed by atoms with E-state index in [0.717, 1.165) is 5.52 Å². The van der Waals surface area contributed by atoms with Crippen LogP contribution in [0.4, 0.5) is 0 Å². The molecule has 0 fully saturated rings. The Labute approximate surface area is 118 Å². The monoisotopic (exact) mass is 257 g/mol. The predicted octanol–water partition coefficient (Wildman–Crippen LogP) is 5.68. The van der Waals surface area contributed by atoms with Gasteiger partial charge in [-0.05, 0) is 29.0 Å². The molecular weight excluding hydrogens is 230 g/mol. The smallest absolute Gasteiger partial charge is 0.0705 e. The molecule has 0 aliphatic heterocycles. The minimum absolute atomic E-state index is 0.149. The maximum atomic E-state index is 4.84. The number of nitrogens with zero attached hydrogens (tertiary/aromatic N) is 1. The molecule has 104 valence electrons. The first-order valence-electron chi connectivity index (χ1n) is 7.30. The highest BCUT2D eigenvalue weighted by Gasteiger charge is 2.21. The number of pyridine rings is 1. The fourth-order valence-corrected chi connectivity index (χ4v) is 2.17. The maximum Gasteiger partial charge on any atom is 0.0705 e. The van der Waals surface area contributed by atoms with E-state index < -0.39 is 0 Å². The third-order valence-electron chi connectivity index (χ3n) is 3.11. The van der Waals surface area contributed by atoms with Gasteiger partial charge in [-0.25, -0.2) is 0 Å². The van der Waals surface area contributed by atoms with Crippen molar-refractivity contribution in [3.8, 4) is 0 Å². The normalized spacial score (nSPS) is 11.4. The van der Waals surface area contributed by atoms with Gasteiger partial charge in [0, 0.05) is 11.1 Å². The van der Waals surface area contributed by atoms with Crippen LogP contribution in [-0.4, -0.2) is 4.98 Å². The molecule has 0 amide bonds. The molecule has 1 nitrogen and oxygen atoms in total. The molecule has 1 aromatic carbocycles. The van der Waals surface area contributed by atoms with E-state index in [1.807, 2.05) is 13.8 Å². The van der Waals surface area contributed by atoms with E-state index in [4.69, 9.17) is 4.98 Å². The zero-order valence-corrected chi connectivity index (χ0v) is 13.4. The molecule has 0 saturated carbocycles. The molecule has 0 atom stereocenters. The van der Waals surface area contributed by atoms with Gasteiger partial charge < -0.3 is 0 Å². The van der Waals surface area contributed by atoms with Gasteiger partial charge in [0.25, 0.3) is 0 Å². The van der Waals surface area contributed by atoms with E-state index in [0.29, 0.717) is 5.92 Å². The Hall–Kier alpha value is -1.37. The summed E-state index contributed by atoms with van der Waals surface area (Å²) < 4.78 is 0. The molecular formula is C18H27N. The van der Waals surface area contributed by atoms with Gasteiger partial charge >= 0.3 is 0 Å². The minimum Gasteiger partial charge on any atom is -0.252 e. The number of benzene rings is 1. The summed E-state index contributed by atoms with van der Waals surface area (Å²) in [5.74, 6) is 0.467. The van der Waals surface area contributed by atoms with Crippen LogP contribution >= 0.6 is 0 Å². The Balaban J connectivity index is 0.000000861. The van der Waals surface area contributed by atoms with E-state index in [-0.39, 0.29) is 5.41 Å². The second-order valence-electron chi connectivity index (χ2n) is 6.02. The summed E-state index contributed by atoms with van der Waals surface area (Å²) in [6.07, 6.45) is 0. The topological polar surface area (TPSA) is 12.9 Å². The van der Waals surface area contributed by atoms with Crippen LogP contribution < -0.4 is 0 Å². The Morgan fingerprint density at radius 2 is 1.58 bits per heavy atom. The van der Waals surface area contributed by atoms with Crippen molar-refractivity contribution in [3.05, 3.63) is 41.6 Å². The molecule has 0 bridgehead atoms. The summed E-state index contributed by atoms with van der Waals surface area (Å²) in [5, 5.41) is 1.24. The van der Waals surface area contributed by atoms with Crippen LogP contribution in [0.1, 0.15) is 65.6 Å². The summed E-state index contributed by atoms with van der Waals surface area (Å²) in [5.41, 5.74) is 3.85. The Kier molecular flexibility index (Phi) is 5.11. The summed E-state index contributed by atoms with van der Waals surface area (Å²) >= 11 is 0. The van der Waals surface area contributed by atoms with Crippen LogP contribution in [0.25, 0.3) is 10.9 Å². The molecule has 1 heteroatoms. The standard InChI is InChI=1S/C16H21N.C2H6/c1-11(2)15-13(16(3,4)5)10-12-8-6-7-9-14(12)17-15;1-2/h6-11H,1-5H3;1-2H3. The minimum atomic E-state index is 0.149. The summed E-state index contributed by atoms with van der Waals surface area (Å²) in [6, 6.07) is 10.7. The highest BCUT2D eigenvalue weighted by Crippen LogP contribution is 2.31. The van der Waals surface area contributed by atoms with Crippen LogP contribution in [0, 0.1) is 0 Å². The molecule has 0 radical (unpaired) electrons. The second-order valence-corrected chi connectivity index (χ2v) is 6.02. The van der Waals surface area contributed by atoms with Crippen molar-refractivity contribution < 1.29 is 0 Å². The van der Waals surface area contributed by atoms with Crippen LogP contribution in [0.5, 0.6) is 0 Å². The van der Waals surface area contributed by atoms with Crippen LogP contribution in [0.2, 0.25) is 0 Å². The van der Waals surface area contributed by atoms with Crippen molar-refractivity contribution >= 4 is 10.9 Å². The molecule has 0 aliphatic carbocycles. The highest BCUT2D eigenvalue weighted by molar-refractivity contribution is 5.79. The van der Waals surface area contributed by atoms with Crippen molar-refractivity contribution in [1.82, 2.24) is 4.98 Å². The third kappa shape index (κ3) is 3.56. The third-order valence-corrected chi connectivity index (χ3v) is 3.11. The average molecular weight is 257 g/mol. The number of hydrogen-bond donors (Lipinski definition) is 0. The van der Waals surface area contributed by atoms with Gasteiger partial charge in [-0.15, -0.1) is 0 Å². The molecule has 0 saturated heterocycles. The van der Waals surface area contributed by atoms with Gasteiger partial charge in [-0.2, -0.15) is 0 Å². The molecule has 2 aromatic rings. The van der Waals surface area contributed by atoms with Crippen molar-refractivity contribution in [2.75, 3.05) is 0 Å². The van der Waals surface area contributed by atoms with Crippen LogP contribution in [0.15, 0.2) is 30.3 Å². The highest BCUT2D eigenvalue weighted by atomic mass is 14.7. The lowest BCUT2D eigenvalue weighted by Crippen LogP contribution is -2.16. The van der Waals surface area contributed by atoms with E-state index >= 15 is 0 Å². The number of para-hydroxylation sites is 1. The SMILES string of the molecule is CC.CC(C)c1nc2ccccc2cc1C(C)(C)C. The van der Waals surface area contributed by atoms with Gasteiger partial charge in [-0.3, -0.25) is 4.98 Å². The Morgan fingerprint density at radius 3 is 2.11 bits per heavy atom. The Bertz CT molecular complexity index is 533. The average Bonchev–Trinajstić information content (AvgIpc) is 2.38. The first-order valence-corrected chi connectivity index (χ1v) is 7.30. The number of hydrogen-bond acceptors (Lipinski definition) is 1. The largest absolute Gasteiger partial charge is 0.252 e. The summed E-state index contributed by atoms with van der Waals surface area (Å²) in [4.78, 5) is 4.84. The summed E-state index contributed by atoms with van der Waals surface area (Å²) in [7, 11) is 0. The molecule has 2 rings (SSSR count). The maximum absolute atomic E-state index is 4.84. The number of aromatic nitrogens is 1. The van der Waals surface area contributed by atoms with Gasteiger partial charge in [0.1, 0.15) is 0 Å². The lowest BCUT2D eigenvalue weighted by molar-refractivity contribution is 0.572. The predicted molar refractivity (Wildman–Crippen MR) is 85.9 cm³/mol. The van der Waals surface area contributed by atoms with E-state index in [1.54, 1.807) is 0 Å². The molecule has 0 aliphatic rings. The van der Waals surface area contributed by atoms with Crippen molar-refractivity contribution in [2.45, 2.75) is 59.8 Å². The van der Waals surface area contributed by atoms with Gasteiger partial charge in [0.2, 0.25) is 0 Å².